The van der Waals surface area contributed by atoms with Crippen molar-refractivity contribution in [2.24, 2.45) is 5.92 Å². The van der Waals surface area contributed by atoms with E-state index in [4.69, 9.17) is 6.57 Å². The average Bonchev–Trinajstić information content (AvgIpc) is 2.15. The number of nitrogens with one attached hydrogen (secondary N) is 1. The summed E-state index contributed by atoms with van der Waals surface area (Å²) in [7, 11) is 0. The van der Waals surface area contributed by atoms with Crippen molar-refractivity contribution in [3.8, 4) is 0 Å². The lowest BCUT2D eigenvalue weighted by molar-refractivity contribution is -0.122. The lowest BCUT2D eigenvalue weighted by atomic mass is 9.99. The largest absolute Gasteiger partial charge is 0.349 e. The Balaban J connectivity index is 4.09. The van der Waals surface area contributed by atoms with Crippen molar-refractivity contribution in [3.63, 3.8) is 0 Å². The summed E-state index contributed by atoms with van der Waals surface area (Å²) in [5.74, 6) is 0.0283. The van der Waals surface area contributed by atoms with Gasteiger partial charge in [0.05, 0.1) is 0 Å². The highest BCUT2D eigenvalue weighted by molar-refractivity contribution is 5.83. The Labute approximate surface area is 80.3 Å². The second-order valence-electron chi connectivity index (χ2n) is 3.25. The number of hydrogen-bond acceptors (Lipinski definition) is 1. The average molecular weight is 182 g/mol. The summed E-state index contributed by atoms with van der Waals surface area (Å²) < 4.78 is 0. The number of nitrogens with zero attached hydrogens (tertiary/aromatic N) is 1. The molecule has 0 aromatic rings. The maximum absolute atomic E-state index is 11.4. The van der Waals surface area contributed by atoms with E-state index in [0.29, 0.717) is 6.54 Å². The first-order chi connectivity index (χ1) is 6.17. The van der Waals surface area contributed by atoms with Crippen molar-refractivity contribution in [1.82, 2.24) is 5.32 Å². The zero-order chi connectivity index (χ0) is 10.3. The second kappa shape index (κ2) is 6.47. The van der Waals surface area contributed by atoms with Gasteiger partial charge in [0.25, 0.3) is 0 Å². The van der Waals surface area contributed by atoms with E-state index >= 15 is 0 Å². The zero-order valence-corrected chi connectivity index (χ0v) is 8.63. The van der Waals surface area contributed by atoms with Gasteiger partial charge in [0, 0.05) is 12.5 Å². The molecule has 0 saturated heterocycles. The molecule has 0 bridgehead atoms. The minimum atomic E-state index is -0.503. The van der Waals surface area contributed by atoms with Crippen LogP contribution in [0.3, 0.4) is 0 Å². The topological polar surface area (TPSA) is 33.5 Å². The predicted molar refractivity (Wildman–Crippen MR) is 53.1 cm³/mol. The summed E-state index contributed by atoms with van der Waals surface area (Å²) >= 11 is 0. The molecule has 1 amide bonds. The van der Waals surface area contributed by atoms with Crippen LogP contribution in [0.25, 0.3) is 4.85 Å². The van der Waals surface area contributed by atoms with Crippen molar-refractivity contribution in [3.05, 3.63) is 11.4 Å². The van der Waals surface area contributed by atoms with E-state index in [2.05, 4.69) is 10.2 Å². The third-order valence-electron chi connectivity index (χ3n) is 2.14. The maximum atomic E-state index is 11.4. The molecule has 0 aliphatic carbocycles. The fourth-order valence-corrected chi connectivity index (χ4v) is 1.02. The molecular weight excluding hydrogens is 164 g/mol. The third-order valence-corrected chi connectivity index (χ3v) is 2.14. The molecule has 0 spiro atoms. The minimum absolute atomic E-state index is 0.119. The molecule has 74 valence electrons. The van der Waals surface area contributed by atoms with Crippen LogP contribution < -0.4 is 5.32 Å². The first-order valence-corrected chi connectivity index (χ1v) is 4.81. The normalized spacial score (nSPS) is 14.3. The van der Waals surface area contributed by atoms with Crippen molar-refractivity contribution in [1.29, 1.82) is 0 Å². The Morgan fingerprint density at radius 3 is 2.54 bits per heavy atom. The Morgan fingerprint density at radius 2 is 2.15 bits per heavy atom. The molecule has 0 aromatic carbocycles. The fraction of sp³-hybridized carbons (Fsp3) is 0.800. The van der Waals surface area contributed by atoms with Crippen LogP contribution in [-0.4, -0.2) is 18.5 Å². The van der Waals surface area contributed by atoms with E-state index in [-0.39, 0.29) is 11.8 Å². The van der Waals surface area contributed by atoms with Crippen molar-refractivity contribution in [2.75, 3.05) is 6.54 Å². The van der Waals surface area contributed by atoms with Gasteiger partial charge in [0.2, 0.25) is 0 Å². The standard InChI is InChI=1S/C10H18N2O/c1-5-7-12-10(13)9(11-4)8(3)6-2/h8-9H,5-7H2,1-3H3,(H,12,13)/t8?,9-/m0/s1. The van der Waals surface area contributed by atoms with Gasteiger partial charge in [-0.15, -0.1) is 0 Å². The summed E-state index contributed by atoms with van der Waals surface area (Å²) in [5.41, 5.74) is 0. The van der Waals surface area contributed by atoms with Crippen LogP contribution in [0.1, 0.15) is 33.6 Å². The molecule has 0 aromatic heterocycles. The highest BCUT2D eigenvalue weighted by atomic mass is 16.2. The second-order valence-corrected chi connectivity index (χ2v) is 3.25. The van der Waals surface area contributed by atoms with Crippen molar-refractivity contribution in [2.45, 2.75) is 39.7 Å². The van der Waals surface area contributed by atoms with Crippen molar-refractivity contribution < 1.29 is 4.79 Å². The number of rotatable bonds is 5. The van der Waals surface area contributed by atoms with Crippen LogP contribution in [0.4, 0.5) is 0 Å². The van der Waals surface area contributed by atoms with Crippen LogP contribution in [0, 0.1) is 12.5 Å². The third kappa shape index (κ3) is 3.93. The van der Waals surface area contributed by atoms with E-state index in [1.54, 1.807) is 0 Å². The van der Waals surface area contributed by atoms with E-state index in [1.807, 2.05) is 20.8 Å². The Kier molecular flexibility index (Phi) is 5.96. The van der Waals surface area contributed by atoms with E-state index in [9.17, 15) is 4.79 Å². The molecule has 0 fully saturated rings. The summed E-state index contributed by atoms with van der Waals surface area (Å²) in [4.78, 5) is 14.8. The molecule has 0 saturated carbocycles. The van der Waals surface area contributed by atoms with Crippen LogP contribution in [0.2, 0.25) is 0 Å². The quantitative estimate of drug-likeness (QED) is 0.647. The Hall–Kier alpha value is -1.04. The molecule has 1 N–H and O–H groups in total. The summed E-state index contributed by atoms with van der Waals surface area (Å²) in [6.07, 6.45) is 1.78. The van der Waals surface area contributed by atoms with Crippen molar-refractivity contribution >= 4 is 5.91 Å². The summed E-state index contributed by atoms with van der Waals surface area (Å²) in [6, 6.07) is -0.503. The van der Waals surface area contributed by atoms with Gasteiger partial charge >= 0.3 is 11.9 Å². The molecule has 3 heteroatoms. The number of carbonyl (C=O) groups is 1. The lowest BCUT2D eigenvalue weighted by Crippen LogP contribution is -2.36. The molecule has 2 atom stereocenters. The molecule has 0 radical (unpaired) electrons. The zero-order valence-electron chi connectivity index (χ0n) is 8.63. The van der Waals surface area contributed by atoms with Gasteiger partial charge in [0.15, 0.2) is 0 Å². The van der Waals surface area contributed by atoms with Gasteiger partial charge < -0.3 is 10.2 Å². The molecule has 13 heavy (non-hydrogen) atoms. The highest BCUT2D eigenvalue weighted by Crippen LogP contribution is 2.11. The van der Waals surface area contributed by atoms with Gasteiger partial charge in [-0.25, -0.2) is 6.57 Å². The van der Waals surface area contributed by atoms with E-state index in [1.165, 1.54) is 0 Å². The molecular formula is C10H18N2O. The van der Waals surface area contributed by atoms with Gasteiger partial charge in [-0.3, -0.25) is 4.79 Å². The number of amides is 1. The van der Waals surface area contributed by atoms with Gasteiger partial charge in [-0.2, -0.15) is 0 Å². The molecule has 0 aliphatic heterocycles. The maximum Gasteiger partial charge on any atom is 0.303 e. The van der Waals surface area contributed by atoms with Gasteiger partial charge in [0.1, 0.15) is 0 Å². The van der Waals surface area contributed by atoms with Crippen LogP contribution in [0.15, 0.2) is 0 Å². The molecule has 0 rings (SSSR count). The predicted octanol–water partition coefficient (Wildman–Crippen LogP) is 1.85. The fourth-order valence-electron chi connectivity index (χ4n) is 1.02. The van der Waals surface area contributed by atoms with Gasteiger partial charge in [-0.1, -0.05) is 20.8 Å². The van der Waals surface area contributed by atoms with E-state index in [0.717, 1.165) is 12.8 Å². The summed E-state index contributed by atoms with van der Waals surface area (Å²) in [5, 5.41) is 2.75. The first-order valence-electron chi connectivity index (χ1n) is 4.81. The monoisotopic (exact) mass is 182 g/mol. The van der Waals surface area contributed by atoms with E-state index < -0.39 is 6.04 Å². The molecule has 1 unspecified atom stereocenters. The van der Waals surface area contributed by atoms with Crippen LogP contribution >= 0.6 is 0 Å². The van der Waals surface area contributed by atoms with Crippen LogP contribution in [-0.2, 0) is 4.79 Å². The SMILES string of the molecule is [C-]#[N+][C@H](C(=O)NCCC)C(C)CC. The Bertz CT molecular complexity index is 196. The first kappa shape index (κ1) is 12.0. The summed E-state index contributed by atoms with van der Waals surface area (Å²) in [6.45, 7) is 13.5. The lowest BCUT2D eigenvalue weighted by Gasteiger charge is -2.11. The smallest absolute Gasteiger partial charge is 0.303 e. The Morgan fingerprint density at radius 1 is 1.54 bits per heavy atom. The molecule has 0 aliphatic rings. The van der Waals surface area contributed by atoms with Crippen LogP contribution in [0.5, 0.6) is 0 Å². The molecule has 0 heterocycles. The minimum Gasteiger partial charge on any atom is -0.349 e. The number of carbonyl (C=O) groups excluding carboxylic acids is 1. The van der Waals surface area contributed by atoms with Gasteiger partial charge in [-0.05, 0) is 12.8 Å². The number of hydrogen-bond donors (Lipinski definition) is 1. The molecule has 3 nitrogen and oxygen atoms in total. The highest BCUT2D eigenvalue weighted by Gasteiger charge is 2.28.